The number of ether oxygens (including phenoxy) is 1. The van der Waals surface area contributed by atoms with Gasteiger partial charge in [-0.1, -0.05) is 18.2 Å². The van der Waals surface area contributed by atoms with Crippen molar-refractivity contribution in [3.63, 3.8) is 0 Å². The van der Waals surface area contributed by atoms with Gasteiger partial charge in [0.05, 0.1) is 25.8 Å². The molecule has 7 nitrogen and oxygen atoms in total. The lowest BCUT2D eigenvalue weighted by Crippen LogP contribution is -2.56. The second-order valence-electron chi connectivity index (χ2n) is 5.07. The summed E-state index contributed by atoms with van der Waals surface area (Å²) in [4.78, 5) is 24.9. The third-order valence-electron chi connectivity index (χ3n) is 3.72. The van der Waals surface area contributed by atoms with E-state index in [0.29, 0.717) is 11.3 Å². The quantitative estimate of drug-likeness (QED) is 0.875. The predicted molar refractivity (Wildman–Crippen MR) is 79.8 cm³/mol. The van der Waals surface area contributed by atoms with Gasteiger partial charge in [-0.15, -0.1) is 0 Å². The smallest absolute Gasteiger partial charge is 0.357 e. The predicted octanol–water partition coefficient (Wildman–Crippen LogP) is 2.13. The molecule has 2 heterocycles. The van der Waals surface area contributed by atoms with Crippen molar-refractivity contribution < 1.29 is 18.7 Å². The Hall–Kier alpha value is -2.96. The van der Waals surface area contributed by atoms with Gasteiger partial charge in [0.15, 0.2) is 0 Å². The maximum atomic E-state index is 12.5. The highest BCUT2D eigenvalue weighted by Crippen LogP contribution is 2.36. The molecule has 0 radical (unpaired) electrons. The minimum absolute atomic E-state index is 0.220. The molecule has 0 saturated carbocycles. The van der Waals surface area contributed by atoms with Gasteiger partial charge in [0.25, 0.3) is 11.6 Å². The molecule has 3 rings (SSSR count). The number of nitrogens with zero attached hydrogens (tertiary/aromatic N) is 2. The fourth-order valence-corrected chi connectivity index (χ4v) is 2.56. The molecule has 0 bridgehead atoms. The number of hydrogen-bond donors (Lipinski definition) is 1. The van der Waals surface area contributed by atoms with Gasteiger partial charge in [0, 0.05) is 5.56 Å². The maximum Gasteiger partial charge on any atom is 0.357 e. The Morgan fingerprint density at radius 3 is 2.70 bits per heavy atom. The zero-order valence-corrected chi connectivity index (χ0v) is 12.4. The standard InChI is InChI=1S/C16H15N3O4/c1-22-15(21)16(18-14(20)11-6-3-2-4-7-11)12(10-17-19-16)13-8-5-9-23-13/h2-9,12H,10H2,1H3,(H,18,20). The molecule has 7 heteroatoms. The van der Waals surface area contributed by atoms with E-state index < -0.39 is 23.5 Å². The monoisotopic (exact) mass is 313 g/mol. The Morgan fingerprint density at radius 2 is 2.04 bits per heavy atom. The van der Waals surface area contributed by atoms with Gasteiger partial charge in [0.1, 0.15) is 5.76 Å². The van der Waals surface area contributed by atoms with Crippen LogP contribution in [0, 0.1) is 0 Å². The third-order valence-corrected chi connectivity index (χ3v) is 3.72. The molecule has 2 unspecified atom stereocenters. The lowest BCUT2D eigenvalue weighted by atomic mass is 9.91. The van der Waals surface area contributed by atoms with Crippen LogP contribution in [-0.2, 0) is 9.53 Å². The highest BCUT2D eigenvalue weighted by molar-refractivity contribution is 5.98. The summed E-state index contributed by atoms with van der Waals surface area (Å²) in [7, 11) is 1.24. The summed E-state index contributed by atoms with van der Waals surface area (Å²) >= 11 is 0. The van der Waals surface area contributed by atoms with Gasteiger partial charge in [0.2, 0.25) is 0 Å². The lowest BCUT2D eigenvalue weighted by Gasteiger charge is -2.28. The Balaban J connectivity index is 1.96. The molecule has 1 amide bonds. The van der Waals surface area contributed by atoms with Crippen LogP contribution in [0.5, 0.6) is 0 Å². The van der Waals surface area contributed by atoms with Gasteiger partial charge < -0.3 is 14.5 Å². The number of amides is 1. The second kappa shape index (κ2) is 6.04. The first kappa shape index (κ1) is 15.0. The van der Waals surface area contributed by atoms with Crippen LogP contribution < -0.4 is 5.32 Å². The largest absolute Gasteiger partial charge is 0.469 e. The number of benzene rings is 1. The van der Waals surface area contributed by atoms with Crippen molar-refractivity contribution in [3.8, 4) is 0 Å². The third kappa shape index (κ3) is 2.61. The van der Waals surface area contributed by atoms with Gasteiger partial charge in [-0.3, -0.25) is 4.79 Å². The number of methoxy groups -OCH3 is 1. The molecule has 0 fully saturated rings. The number of esters is 1. The van der Waals surface area contributed by atoms with Crippen molar-refractivity contribution >= 4 is 11.9 Å². The first-order chi connectivity index (χ1) is 11.2. The molecule has 1 aliphatic heterocycles. The fourth-order valence-electron chi connectivity index (χ4n) is 2.56. The first-order valence-corrected chi connectivity index (χ1v) is 7.05. The van der Waals surface area contributed by atoms with Crippen LogP contribution in [0.3, 0.4) is 0 Å². The normalized spacial score (nSPS) is 22.7. The summed E-state index contributed by atoms with van der Waals surface area (Å²) in [6.07, 6.45) is 1.49. The van der Waals surface area contributed by atoms with Crippen LogP contribution in [-0.4, -0.2) is 31.2 Å². The summed E-state index contributed by atoms with van der Waals surface area (Å²) in [5, 5.41) is 10.6. The van der Waals surface area contributed by atoms with E-state index in [1.54, 1.807) is 42.5 Å². The molecule has 2 aromatic rings. The number of rotatable bonds is 4. The molecule has 2 atom stereocenters. The number of carbonyl (C=O) groups excluding carboxylic acids is 2. The Bertz CT molecular complexity index is 727. The molecule has 1 aromatic heterocycles. The van der Waals surface area contributed by atoms with E-state index in [1.165, 1.54) is 13.4 Å². The van der Waals surface area contributed by atoms with Crippen molar-refractivity contribution in [1.29, 1.82) is 0 Å². The van der Waals surface area contributed by atoms with E-state index in [1.807, 2.05) is 0 Å². The van der Waals surface area contributed by atoms with Crippen molar-refractivity contribution in [2.24, 2.45) is 10.2 Å². The van der Waals surface area contributed by atoms with Crippen LogP contribution in [0.15, 0.2) is 63.4 Å². The summed E-state index contributed by atoms with van der Waals surface area (Å²) in [5.41, 5.74) is -1.21. The highest BCUT2D eigenvalue weighted by Gasteiger charge is 2.54. The van der Waals surface area contributed by atoms with Gasteiger partial charge in [-0.05, 0) is 24.3 Å². The van der Waals surface area contributed by atoms with Crippen LogP contribution in [0.1, 0.15) is 22.0 Å². The van der Waals surface area contributed by atoms with Gasteiger partial charge in [-0.2, -0.15) is 10.2 Å². The molecule has 23 heavy (non-hydrogen) atoms. The van der Waals surface area contributed by atoms with Crippen LogP contribution in [0.25, 0.3) is 0 Å². The van der Waals surface area contributed by atoms with Crippen molar-refractivity contribution in [2.45, 2.75) is 11.6 Å². The molecule has 1 aliphatic rings. The molecular formula is C16H15N3O4. The summed E-state index contributed by atoms with van der Waals surface area (Å²) < 4.78 is 10.2. The maximum absolute atomic E-state index is 12.5. The molecular weight excluding hydrogens is 298 g/mol. The van der Waals surface area contributed by atoms with E-state index in [-0.39, 0.29) is 6.54 Å². The summed E-state index contributed by atoms with van der Waals surface area (Å²) in [6, 6.07) is 12.0. The van der Waals surface area contributed by atoms with Crippen molar-refractivity contribution in [2.75, 3.05) is 13.7 Å². The molecule has 0 aliphatic carbocycles. The van der Waals surface area contributed by atoms with E-state index in [9.17, 15) is 9.59 Å². The van der Waals surface area contributed by atoms with Crippen LogP contribution in [0.4, 0.5) is 0 Å². The zero-order chi connectivity index (χ0) is 16.3. The summed E-state index contributed by atoms with van der Waals surface area (Å²) in [5.74, 6) is -1.18. The second-order valence-corrected chi connectivity index (χ2v) is 5.07. The topological polar surface area (TPSA) is 93.3 Å². The number of carbonyl (C=O) groups is 2. The first-order valence-electron chi connectivity index (χ1n) is 7.05. The lowest BCUT2D eigenvalue weighted by molar-refractivity contribution is -0.148. The van der Waals surface area contributed by atoms with Crippen LogP contribution >= 0.6 is 0 Å². The minimum Gasteiger partial charge on any atom is -0.469 e. The SMILES string of the molecule is COC(=O)C1(NC(=O)c2ccccc2)N=NCC1c1ccco1. The molecule has 1 N–H and O–H groups in total. The minimum atomic E-state index is -1.63. The Kier molecular flexibility index (Phi) is 3.92. The number of hydrogen-bond acceptors (Lipinski definition) is 6. The average molecular weight is 313 g/mol. The van der Waals surface area contributed by atoms with E-state index in [4.69, 9.17) is 9.15 Å². The van der Waals surface area contributed by atoms with Crippen LogP contribution in [0.2, 0.25) is 0 Å². The molecule has 0 saturated heterocycles. The number of furan rings is 1. The number of azo groups is 1. The van der Waals surface area contributed by atoms with Crippen molar-refractivity contribution in [1.82, 2.24) is 5.32 Å². The zero-order valence-electron chi connectivity index (χ0n) is 12.4. The Labute approximate surface area is 132 Å². The average Bonchev–Trinajstić information content (AvgIpc) is 3.24. The van der Waals surface area contributed by atoms with E-state index >= 15 is 0 Å². The molecule has 118 valence electrons. The van der Waals surface area contributed by atoms with E-state index in [2.05, 4.69) is 15.5 Å². The molecule has 0 spiro atoms. The number of nitrogens with one attached hydrogen (secondary N) is 1. The summed E-state index contributed by atoms with van der Waals surface area (Å²) in [6.45, 7) is 0.220. The van der Waals surface area contributed by atoms with Crippen molar-refractivity contribution in [3.05, 3.63) is 60.1 Å². The Morgan fingerprint density at radius 1 is 1.26 bits per heavy atom. The fraction of sp³-hybridized carbons (Fsp3) is 0.250. The molecule has 1 aromatic carbocycles. The van der Waals surface area contributed by atoms with E-state index in [0.717, 1.165) is 0 Å². The highest BCUT2D eigenvalue weighted by atomic mass is 16.5. The van der Waals surface area contributed by atoms with Gasteiger partial charge >= 0.3 is 5.97 Å². The van der Waals surface area contributed by atoms with Gasteiger partial charge in [-0.25, -0.2) is 4.79 Å².